The van der Waals surface area contributed by atoms with Crippen LogP contribution in [0.4, 0.5) is 0 Å². The average Bonchev–Trinajstić information content (AvgIpc) is 3.31. The van der Waals surface area contributed by atoms with Gasteiger partial charge in [0.2, 0.25) is 16.5 Å². The van der Waals surface area contributed by atoms with Gasteiger partial charge in [0.05, 0.1) is 19.4 Å². The molecular formula is C16H22N6O4S. The molecule has 1 saturated heterocycles. The van der Waals surface area contributed by atoms with Crippen LogP contribution in [0.15, 0.2) is 22.2 Å². The number of pyridine rings is 1. The normalized spacial score (nSPS) is 16.4. The van der Waals surface area contributed by atoms with Gasteiger partial charge >= 0.3 is 0 Å². The van der Waals surface area contributed by atoms with Gasteiger partial charge in [-0.1, -0.05) is 11.8 Å². The Bertz CT molecular complexity index is 846. The first-order valence-electron chi connectivity index (χ1n) is 8.57. The lowest BCUT2D eigenvalue weighted by molar-refractivity contribution is -0.122. The van der Waals surface area contributed by atoms with E-state index in [9.17, 15) is 9.59 Å². The summed E-state index contributed by atoms with van der Waals surface area (Å²) in [7, 11) is 3.17. The molecule has 11 heteroatoms. The second kappa shape index (κ2) is 9.00. The molecule has 3 rings (SSSR count). The maximum Gasteiger partial charge on any atom is 0.240 e. The molecule has 1 fully saturated rings. The van der Waals surface area contributed by atoms with Gasteiger partial charge in [-0.2, -0.15) is 0 Å². The van der Waals surface area contributed by atoms with E-state index in [1.54, 1.807) is 22.5 Å². The van der Waals surface area contributed by atoms with Gasteiger partial charge in [0.25, 0.3) is 0 Å². The minimum Gasteiger partial charge on any atom is -0.491 e. The number of nitrogens with one attached hydrogen (secondary N) is 1. The fourth-order valence-electron chi connectivity index (χ4n) is 2.74. The van der Waals surface area contributed by atoms with Crippen molar-refractivity contribution in [1.82, 2.24) is 30.1 Å². The number of thioether (sulfide) groups is 1. The van der Waals surface area contributed by atoms with Gasteiger partial charge in [0.15, 0.2) is 5.75 Å². The smallest absolute Gasteiger partial charge is 0.240 e. The SMILES string of the molecule is COc1cn(CC(=O)NC[C@H]2CCCO2)c(CSc2nnnn2C)cc1=O. The zero-order chi connectivity index (χ0) is 19.2. The number of methoxy groups -OCH3 is 1. The van der Waals surface area contributed by atoms with Crippen molar-refractivity contribution in [2.24, 2.45) is 7.05 Å². The molecule has 2 aromatic heterocycles. The average molecular weight is 394 g/mol. The Labute approximate surface area is 160 Å². The summed E-state index contributed by atoms with van der Waals surface area (Å²) in [5.74, 6) is 0.478. The van der Waals surface area contributed by atoms with Crippen LogP contribution in [0.5, 0.6) is 5.75 Å². The molecule has 1 amide bonds. The van der Waals surface area contributed by atoms with Gasteiger partial charge in [-0.05, 0) is 23.3 Å². The highest BCUT2D eigenvalue weighted by Gasteiger charge is 2.17. The minimum absolute atomic E-state index is 0.0796. The summed E-state index contributed by atoms with van der Waals surface area (Å²) in [5.41, 5.74) is 0.446. The van der Waals surface area contributed by atoms with Gasteiger partial charge in [-0.3, -0.25) is 9.59 Å². The summed E-state index contributed by atoms with van der Waals surface area (Å²) in [5, 5.41) is 14.8. The van der Waals surface area contributed by atoms with Crippen LogP contribution in [0.2, 0.25) is 0 Å². The number of hydrogen-bond donors (Lipinski definition) is 1. The topological polar surface area (TPSA) is 113 Å². The van der Waals surface area contributed by atoms with Crippen LogP contribution >= 0.6 is 11.8 Å². The summed E-state index contributed by atoms with van der Waals surface area (Å²) in [6.07, 6.45) is 3.62. The summed E-state index contributed by atoms with van der Waals surface area (Å²) >= 11 is 1.38. The van der Waals surface area contributed by atoms with Gasteiger partial charge in [-0.25, -0.2) is 4.68 Å². The first-order valence-corrected chi connectivity index (χ1v) is 9.56. The maximum atomic E-state index is 12.3. The van der Waals surface area contributed by atoms with E-state index in [1.807, 2.05) is 0 Å². The van der Waals surface area contributed by atoms with E-state index < -0.39 is 0 Å². The lowest BCUT2D eigenvalue weighted by atomic mass is 10.2. The Morgan fingerprint density at radius 3 is 3.04 bits per heavy atom. The molecule has 0 saturated carbocycles. The number of hydrogen-bond acceptors (Lipinski definition) is 8. The lowest BCUT2D eigenvalue weighted by Crippen LogP contribution is -2.34. The fraction of sp³-hybridized carbons (Fsp3) is 0.562. The Kier molecular flexibility index (Phi) is 6.45. The summed E-state index contributed by atoms with van der Waals surface area (Å²) in [6.45, 7) is 1.32. The number of tetrazole rings is 1. The molecule has 0 aromatic carbocycles. The predicted octanol–water partition coefficient (Wildman–Crippen LogP) is -0.0321. The van der Waals surface area contributed by atoms with Crippen molar-refractivity contribution in [2.75, 3.05) is 20.3 Å². The van der Waals surface area contributed by atoms with E-state index in [1.165, 1.54) is 24.9 Å². The molecule has 0 radical (unpaired) electrons. The molecule has 1 aliphatic rings. The molecule has 10 nitrogen and oxygen atoms in total. The van der Waals surface area contributed by atoms with Crippen molar-refractivity contribution in [3.63, 3.8) is 0 Å². The molecule has 3 heterocycles. The molecule has 0 bridgehead atoms. The van der Waals surface area contributed by atoms with Gasteiger partial charge < -0.3 is 19.4 Å². The number of rotatable bonds is 8. The van der Waals surface area contributed by atoms with E-state index in [0.29, 0.717) is 23.1 Å². The predicted molar refractivity (Wildman–Crippen MR) is 97.6 cm³/mol. The van der Waals surface area contributed by atoms with Crippen LogP contribution < -0.4 is 15.5 Å². The molecule has 1 atom stereocenters. The monoisotopic (exact) mass is 394 g/mol. The number of carbonyl (C=O) groups excluding carboxylic acids is 1. The van der Waals surface area contributed by atoms with Gasteiger partial charge in [0.1, 0.15) is 6.54 Å². The third kappa shape index (κ3) is 5.07. The summed E-state index contributed by atoms with van der Waals surface area (Å²) in [6, 6.07) is 1.48. The Balaban J connectivity index is 1.69. The zero-order valence-electron chi connectivity index (χ0n) is 15.3. The standard InChI is InChI=1S/C16H22N6O4S/c1-21-16(18-19-20-21)27-10-11-6-13(23)14(25-2)8-22(11)9-15(24)17-7-12-4-3-5-26-12/h6,8,12H,3-5,7,9-10H2,1-2H3,(H,17,24)/t12-/m1/s1. The third-order valence-electron chi connectivity index (χ3n) is 4.20. The highest BCUT2D eigenvalue weighted by Crippen LogP contribution is 2.20. The first-order chi connectivity index (χ1) is 13.1. The quantitative estimate of drug-likeness (QED) is 0.621. The van der Waals surface area contributed by atoms with Crippen molar-refractivity contribution in [2.45, 2.75) is 36.4 Å². The van der Waals surface area contributed by atoms with Crippen molar-refractivity contribution in [1.29, 1.82) is 0 Å². The van der Waals surface area contributed by atoms with Gasteiger partial charge in [-0.15, -0.1) is 5.10 Å². The number of aryl methyl sites for hydroxylation is 1. The molecule has 1 N–H and O–H groups in total. The van der Waals surface area contributed by atoms with Crippen LogP contribution in [0.3, 0.4) is 0 Å². The molecule has 2 aromatic rings. The van der Waals surface area contributed by atoms with Crippen LogP contribution in [-0.2, 0) is 28.9 Å². The molecule has 0 unspecified atom stereocenters. The van der Waals surface area contributed by atoms with Crippen LogP contribution in [-0.4, -0.2) is 57.0 Å². The van der Waals surface area contributed by atoms with Crippen molar-refractivity contribution < 1.29 is 14.3 Å². The highest BCUT2D eigenvalue weighted by atomic mass is 32.2. The molecule has 146 valence electrons. The second-order valence-electron chi connectivity index (χ2n) is 6.14. The van der Waals surface area contributed by atoms with Crippen LogP contribution in [0.1, 0.15) is 18.5 Å². The fourth-order valence-corrected chi connectivity index (χ4v) is 3.59. The van der Waals surface area contributed by atoms with E-state index >= 15 is 0 Å². The third-order valence-corrected chi connectivity index (χ3v) is 5.24. The maximum absolute atomic E-state index is 12.3. The first kappa shape index (κ1) is 19.4. The van der Waals surface area contributed by atoms with E-state index in [4.69, 9.17) is 9.47 Å². The Morgan fingerprint density at radius 1 is 1.52 bits per heavy atom. The van der Waals surface area contributed by atoms with Crippen LogP contribution in [0.25, 0.3) is 0 Å². The number of carbonyl (C=O) groups is 1. The van der Waals surface area contributed by atoms with Crippen LogP contribution in [0, 0.1) is 0 Å². The number of aromatic nitrogens is 5. The molecular weight excluding hydrogens is 372 g/mol. The molecule has 0 spiro atoms. The lowest BCUT2D eigenvalue weighted by Gasteiger charge is -2.15. The largest absolute Gasteiger partial charge is 0.491 e. The number of ether oxygens (including phenoxy) is 2. The molecule has 0 aliphatic carbocycles. The number of nitrogens with zero attached hydrogens (tertiary/aromatic N) is 5. The summed E-state index contributed by atoms with van der Waals surface area (Å²) in [4.78, 5) is 24.5. The van der Waals surface area contributed by atoms with Crippen molar-refractivity contribution >= 4 is 17.7 Å². The minimum atomic E-state index is -0.236. The summed E-state index contributed by atoms with van der Waals surface area (Å²) < 4.78 is 13.9. The zero-order valence-corrected chi connectivity index (χ0v) is 16.1. The Hall–Kier alpha value is -2.40. The van der Waals surface area contributed by atoms with E-state index in [0.717, 1.165) is 19.4 Å². The highest BCUT2D eigenvalue weighted by molar-refractivity contribution is 7.98. The second-order valence-corrected chi connectivity index (χ2v) is 7.08. The van der Waals surface area contributed by atoms with Crippen molar-refractivity contribution in [3.05, 3.63) is 28.2 Å². The van der Waals surface area contributed by atoms with Crippen molar-refractivity contribution in [3.8, 4) is 5.75 Å². The van der Waals surface area contributed by atoms with E-state index in [2.05, 4.69) is 20.8 Å². The van der Waals surface area contributed by atoms with E-state index in [-0.39, 0.29) is 29.7 Å². The number of amides is 1. The molecule has 27 heavy (non-hydrogen) atoms. The molecule has 1 aliphatic heterocycles. The Morgan fingerprint density at radius 2 is 2.37 bits per heavy atom. The van der Waals surface area contributed by atoms with Gasteiger partial charge in [0, 0.05) is 37.7 Å².